The van der Waals surface area contributed by atoms with Gasteiger partial charge in [0, 0.05) is 56.2 Å². The molecule has 0 spiro atoms. The van der Waals surface area contributed by atoms with Gasteiger partial charge in [-0.15, -0.1) is 0 Å². The van der Waals surface area contributed by atoms with Gasteiger partial charge < -0.3 is 14.7 Å². The van der Waals surface area contributed by atoms with E-state index in [4.69, 9.17) is 0 Å². The normalized spacial score (nSPS) is 16.7. The van der Waals surface area contributed by atoms with Crippen molar-refractivity contribution in [2.24, 2.45) is 0 Å². The maximum atomic E-state index is 2.76. The molecule has 0 aromatic heterocycles. The Morgan fingerprint density at radius 1 is 0.352 bits per heavy atom. The highest BCUT2D eigenvalue weighted by molar-refractivity contribution is 7.00. The molecule has 0 saturated carbocycles. The van der Waals surface area contributed by atoms with Gasteiger partial charge in [-0.2, -0.15) is 0 Å². The van der Waals surface area contributed by atoms with Crippen LogP contribution in [0.3, 0.4) is 0 Å². The van der Waals surface area contributed by atoms with Crippen LogP contribution in [0.1, 0.15) is 206 Å². The van der Waals surface area contributed by atoms with E-state index in [2.05, 4.69) is 336 Å². The molecule has 88 heavy (non-hydrogen) atoms. The van der Waals surface area contributed by atoms with Crippen molar-refractivity contribution < 1.29 is 0 Å². The van der Waals surface area contributed by atoms with Gasteiger partial charge in [0.2, 0.25) is 0 Å². The Hall–Kier alpha value is -7.56. The highest BCUT2D eigenvalue weighted by atomic mass is 15.2. The first-order chi connectivity index (χ1) is 41.1. The van der Waals surface area contributed by atoms with Crippen LogP contribution in [-0.4, -0.2) is 6.71 Å². The zero-order valence-electron chi connectivity index (χ0n) is 56.9. The van der Waals surface area contributed by atoms with E-state index < -0.39 is 0 Å². The smallest absolute Gasteiger partial charge is 0.252 e. The third kappa shape index (κ3) is 9.42. The molecule has 0 unspecified atom stereocenters. The van der Waals surface area contributed by atoms with E-state index in [0.717, 1.165) is 23.5 Å². The third-order valence-corrected chi connectivity index (χ3v) is 21.0. The van der Waals surface area contributed by atoms with Crippen molar-refractivity contribution in [1.29, 1.82) is 0 Å². The van der Waals surface area contributed by atoms with Gasteiger partial charge in [-0.3, -0.25) is 0 Å². The van der Waals surface area contributed by atoms with Crippen molar-refractivity contribution in [2.75, 3.05) is 14.7 Å². The van der Waals surface area contributed by atoms with Gasteiger partial charge in [0.1, 0.15) is 0 Å². The molecular formula is C84H94BN3. The predicted octanol–water partition coefficient (Wildman–Crippen LogP) is 21.3. The first-order valence-corrected chi connectivity index (χ1v) is 32.7. The maximum absolute atomic E-state index is 2.76. The van der Waals surface area contributed by atoms with Crippen molar-refractivity contribution >= 4 is 74.3 Å². The number of aryl methyl sites for hydroxylation is 1. The summed E-state index contributed by atoms with van der Waals surface area (Å²) in [5.41, 5.74) is 31.4. The lowest BCUT2D eigenvalue weighted by Gasteiger charge is -2.47. The van der Waals surface area contributed by atoms with Gasteiger partial charge in [0.05, 0.1) is 11.4 Å². The summed E-state index contributed by atoms with van der Waals surface area (Å²) < 4.78 is 0. The van der Waals surface area contributed by atoms with E-state index >= 15 is 0 Å². The van der Waals surface area contributed by atoms with Gasteiger partial charge in [-0.1, -0.05) is 248 Å². The molecule has 0 N–H and O–H groups in total. The van der Waals surface area contributed by atoms with Crippen molar-refractivity contribution in [2.45, 2.75) is 195 Å². The Kier molecular flexibility index (Phi) is 13.3. The van der Waals surface area contributed by atoms with Crippen LogP contribution in [0.25, 0.3) is 11.1 Å². The molecule has 2 aliphatic heterocycles. The highest BCUT2D eigenvalue weighted by Crippen LogP contribution is 2.57. The molecule has 3 nitrogen and oxygen atoms in total. The Morgan fingerprint density at radius 2 is 0.773 bits per heavy atom. The van der Waals surface area contributed by atoms with Crippen LogP contribution in [0.4, 0.5) is 51.2 Å². The van der Waals surface area contributed by atoms with E-state index in [1.54, 1.807) is 0 Å². The number of fused-ring (bicyclic) bond motifs is 7. The lowest BCUT2D eigenvalue weighted by atomic mass is 9.33. The molecule has 9 aromatic carbocycles. The maximum Gasteiger partial charge on any atom is 0.252 e. The second-order valence-electron chi connectivity index (χ2n) is 33.2. The minimum absolute atomic E-state index is 0.0150. The van der Waals surface area contributed by atoms with E-state index in [1.165, 1.54) is 123 Å². The summed E-state index contributed by atoms with van der Waals surface area (Å²) in [6, 6.07) is 69.8. The lowest BCUT2D eigenvalue weighted by Crippen LogP contribution is -2.62. The lowest BCUT2D eigenvalue weighted by molar-refractivity contribution is 0.403. The van der Waals surface area contributed by atoms with Crippen molar-refractivity contribution in [3.63, 3.8) is 0 Å². The molecule has 13 rings (SSSR count). The van der Waals surface area contributed by atoms with Crippen LogP contribution in [0.5, 0.6) is 0 Å². The average Bonchev–Trinajstić information content (AvgIpc) is 0.938. The SMILES string of the molecule is Cc1cc2c(cc1N1c3cc4c(cc3B3c5cc(C(C)(C)C)ccc5N(c5ccc(C(C)(C)C)cc5-c5ccccc5)c5cc(N(c6ccc(C(C)(C)C)cc6)c6ccc(C(C)(C)C)cc6)cc1c53)C(C)(C)CC4(C)C)C(C)(C)c1ccccc1C2(C)C. The summed E-state index contributed by atoms with van der Waals surface area (Å²) in [6.07, 6.45) is 1.08. The van der Waals surface area contributed by atoms with Crippen LogP contribution in [0, 0.1) is 6.92 Å². The Labute approximate surface area is 529 Å². The molecule has 4 aliphatic rings. The Morgan fingerprint density at radius 3 is 1.28 bits per heavy atom. The van der Waals surface area contributed by atoms with Crippen LogP contribution >= 0.6 is 0 Å². The summed E-state index contributed by atoms with van der Waals surface area (Å²) in [7, 11) is 0. The molecule has 0 radical (unpaired) electrons. The number of hydrogen-bond acceptors (Lipinski definition) is 3. The van der Waals surface area contributed by atoms with Crippen LogP contribution in [-0.2, 0) is 43.3 Å². The predicted molar refractivity (Wildman–Crippen MR) is 381 cm³/mol. The first-order valence-electron chi connectivity index (χ1n) is 32.7. The second-order valence-corrected chi connectivity index (χ2v) is 33.2. The summed E-state index contributed by atoms with van der Waals surface area (Å²) >= 11 is 0. The largest absolute Gasteiger partial charge is 0.311 e. The highest BCUT2D eigenvalue weighted by Gasteiger charge is 2.50. The topological polar surface area (TPSA) is 9.72 Å². The fourth-order valence-electron chi connectivity index (χ4n) is 16.1. The van der Waals surface area contributed by atoms with Crippen LogP contribution in [0.15, 0.2) is 176 Å². The van der Waals surface area contributed by atoms with E-state index in [0.29, 0.717) is 0 Å². The molecule has 0 fully saturated rings. The molecule has 2 heterocycles. The molecule has 2 aliphatic carbocycles. The Balaban J connectivity index is 1.21. The molecule has 0 amide bonds. The van der Waals surface area contributed by atoms with Gasteiger partial charge >= 0.3 is 0 Å². The molecule has 0 atom stereocenters. The van der Waals surface area contributed by atoms with Gasteiger partial charge in [0.25, 0.3) is 6.71 Å². The Bertz CT molecular complexity index is 4220. The fraction of sp³-hybridized carbons (Fsp3) is 0.357. The minimum Gasteiger partial charge on any atom is -0.311 e. The van der Waals surface area contributed by atoms with Crippen molar-refractivity contribution in [3.8, 4) is 11.1 Å². The number of rotatable bonds is 6. The van der Waals surface area contributed by atoms with E-state index in [1.807, 2.05) is 0 Å². The first kappa shape index (κ1) is 59.4. The minimum atomic E-state index is -0.266. The summed E-state index contributed by atoms with van der Waals surface area (Å²) in [5, 5.41) is 0. The van der Waals surface area contributed by atoms with Crippen LogP contribution in [0.2, 0.25) is 0 Å². The number of benzene rings is 9. The molecular weight excluding hydrogens is 1060 g/mol. The van der Waals surface area contributed by atoms with E-state index in [9.17, 15) is 0 Å². The van der Waals surface area contributed by atoms with Crippen molar-refractivity contribution in [3.05, 3.63) is 237 Å². The zero-order chi connectivity index (χ0) is 63.0. The van der Waals surface area contributed by atoms with Gasteiger partial charge in [-0.05, 0) is 196 Å². The zero-order valence-corrected chi connectivity index (χ0v) is 56.9. The fourth-order valence-corrected chi connectivity index (χ4v) is 16.1. The molecule has 4 heteroatoms. The van der Waals surface area contributed by atoms with E-state index in [-0.39, 0.29) is 50.0 Å². The standard InChI is InChI=1S/C84H94BN3/c1-52-43-66-67(84(20,21)63-30-26-25-29-62(63)83(66,18)19)50-72(52)88-73-49-65-64(81(14,15)51-82(65,16)17)48-69(73)85-68-45-57(80(11,12)13)36-42-71(68)87(70-41-35-56(79(8,9)10)44-61(70)53-27-23-22-24-28-53)74-46-60(47-75(88)76(74)85)86(58-37-31-54(32-38-58)77(2,3)4)59-39-33-55(34-40-59)78(5,6)7/h22-50H,51H2,1-21H3. The third-order valence-electron chi connectivity index (χ3n) is 21.0. The average molecular weight is 1160 g/mol. The van der Waals surface area contributed by atoms with Gasteiger partial charge in [-0.25, -0.2) is 0 Å². The molecule has 448 valence electrons. The van der Waals surface area contributed by atoms with Crippen molar-refractivity contribution in [1.82, 2.24) is 0 Å². The summed E-state index contributed by atoms with van der Waals surface area (Å²) in [4.78, 5) is 7.99. The number of hydrogen-bond donors (Lipinski definition) is 0. The second kappa shape index (κ2) is 19.7. The van der Waals surface area contributed by atoms with Crippen LogP contribution < -0.4 is 31.1 Å². The quantitative estimate of drug-likeness (QED) is 0.154. The molecule has 0 saturated heterocycles. The molecule has 9 aromatic rings. The number of anilines is 9. The monoisotopic (exact) mass is 1160 g/mol. The van der Waals surface area contributed by atoms with Gasteiger partial charge in [0.15, 0.2) is 0 Å². The summed E-state index contributed by atoms with van der Waals surface area (Å²) in [6.45, 7) is 50.1. The number of nitrogens with zero attached hydrogens (tertiary/aromatic N) is 3. The molecule has 0 bridgehead atoms. The summed E-state index contributed by atoms with van der Waals surface area (Å²) in [5.74, 6) is 0.